The summed E-state index contributed by atoms with van der Waals surface area (Å²) in [7, 11) is 0. The number of rotatable bonds is 2. The van der Waals surface area contributed by atoms with E-state index in [2.05, 4.69) is 20.1 Å². The molecular weight excluding hydrogens is 230 g/mol. The molecule has 0 saturated heterocycles. The fourth-order valence-corrected chi connectivity index (χ4v) is 1.49. The van der Waals surface area contributed by atoms with Crippen molar-refractivity contribution in [2.45, 2.75) is 0 Å². The first kappa shape index (κ1) is 10.4. The van der Waals surface area contributed by atoms with Crippen molar-refractivity contribution in [3.05, 3.63) is 42.9 Å². The quantitative estimate of drug-likeness (QED) is 0.685. The van der Waals surface area contributed by atoms with Crippen LogP contribution >= 0.6 is 0 Å². The third kappa shape index (κ3) is 1.91. The normalized spacial score (nSPS) is 10.4. The van der Waals surface area contributed by atoms with Gasteiger partial charge in [0.25, 0.3) is 5.89 Å². The number of nitrogens with two attached hydrogens (primary N) is 1. The zero-order chi connectivity index (χ0) is 12.4. The van der Waals surface area contributed by atoms with Crippen molar-refractivity contribution in [3.63, 3.8) is 0 Å². The summed E-state index contributed by atoms with van der Waals surface area (Å²) in [6.45, 7) is 0. The van der Waals surface area contributed by atoms with E-state index in [0.29, 0.717) is 23.1 Å². The minimum absolute atomic E-state index is 0.412. The van der Waals surface area contributed by atoms with Crippen LogP contribution in [-0.4, -0.2) is 20.1 Å². The molecule has 0 aliphatic heterocycles. The summed E-state index contributed by atoms with van der Waals surface area (Å²) in [5.74, 6) is 0.838. The van der Waals surface area contributed by atoms with Crippen LogP contribution in [0.5, 0.6) is 0 Å². The summed E-state index contributed by atoms with van der Waals surface area (Å²) in [4.78, 5) is 12.3. The first-order valence-corrected chi connectivity index (χ1v) is 5.29. The highest BCUT2D eigenvalue weighted by atomic mass is 16.5. The minimum Gasteiger partial charge on any atom is -0.399 e. The maximum atomic E-state index is 5.62. The van der Waals surface area contributed by atoms with Crippen molar-refractivity contribution in [1.82, 2.24) is 20.1 Å². The molecule has 2 heterocycles. The molecule has 0 saturated carbocycles. The van der Waals surface area contributed by atoms with Gasteiger partial charge in [-0.25, -0.2) is 4.98 Å². The van der Waals surface area contributed by atoms with Gasteiger partial charge in [-0.1, -0.05) is 5.16 Å². The van der Waals surface area contributed by atoms with Gasteiger partial charge in [-0.15, -0.1) is 0 Å². The van der Waals surface area contributed by atoms with E-state index >= 15 is 0 Å². The number of hydrogen-bond donors (Lipinski definition) is 1. The number of benzene rings is 1. The number of aromatic nitrogens is 4. The summed E-state index contributed by atoms with van der Waals surface area (Å²) in [5, 5.41) is 3.87. The van der Waals surface area contributed by atoms with Crippen LogP contribution in [0.25, 0.3) is 23.0 Å². The Balaban J connectivity index is 1.97. The monoisotopic (exact) mass is 239 g/mol. The zero-order valence-corrected chi connectivity index (χ0v) is 9.32. The first-order valence-electron chi connectivity index (χ1n) is 5.29. The smallest absolute Gasteiger partial charge is 0.258 e. The fourth-order valence-electron chi connectivity index (χ4n) is 1.49. The lowest BCUT2D eigenvalue weighted by atomic mass is 10.2. The maximum Gasteiger partial charge on any atom is 0.258 e. The standard InChI is InChI=1S/C12H9N5O/c13-9-3-1-8(2-4-9)12-16-11(17-18-12)10-7-14-5-6-15-10/h1-7H,13H2. The largest absolute Gasteiger partial charge is 0.399 e. The van der Waals surface area contributed by atoms with Crippen LogP contribution in [0.15, 0.2) is 47.4 Å². The molecule has 2 aromatic heterocycles. The van der Waals surface area contributed by atoms with Gasteiger partial charge < -0.3 is 10.3 Å². The van der Waals surface area contributed by atoms with Gasteiger partial charge in [-0.2, -0.15) is 4.98 Å². The number of hydrogen-bond acceptors (Lipinski definition) is 6. The molecule has 88 valence electrons. The molecule has 0 radical (unpaired) electrons. The van der Waals surface area contributed by atoms with Gasteiger partial charge in [-0.3, -0.25) is 4.98 Å². The van der Waals surface area contributed by atoms with E-state index in [-0.39, 0.29) is 0 Å². The highest BCUT2D eigenvalue weighted by molar-refractivity contribution is 5.59. The first-order chi connectivity index (χ1) is 8.83. The molecule has 0 unspecified atom stereocenters. The topological polar surface area (TPSA) is 90.7 Å². The molecule has 2 N–H and O–H groups in total. The fraction of sp³-hybridized carbons (Fsp3) is 0. The Morgan fingerprint density at radius 2 is 1.89 bits per heavy atom. The Kier molecular flexibility index (Phi) is 2.45. The van der Waals surface area contributed by atoms with Crippen LogP contribution in [0.4, 0.5) is 5.69 Å². The van der Waals surface area contributed by atoms with Crippen molar-refractivity contribution in [1.29, 1.82) is 0 Å². The highest BCUT2D eigenvalue weighted by Crippen LogP contribution is 2.21. The van der Waals surface area contributed by atoms with Crippen molar-refractivity contribution >= 4 is 5.69 Å². The summed E-state index contributed by atoms with van der Waals surface area (Å²) in [6.07, 6.45) is 4.75. The average molecular weight is 239 g/mol. The summed E-state index contributed by atoms with van der Waals surface area (Å²) in [5.41, 5.74) is 7.69. The van der Waals surface area contributed by atoms with Crippen molar-refractivity contribution in [2.24, 2.45) is 0 Å². The molecule has 3 rings (SSSR count). The molecular formula is C12H9N5O. The van der Waals surface area contributed by atoms with Crippen LogP contribution < -0.4 is 5.73 Å². The number of nitrogen functional groups attached to an aromatic ring is 1. The zero-order valence-electron chi connectivity index (χ0n) is 9.32. The van der Waals surface area contributed by atoms with E-state index in [0.717, 1.165) is 5.56 Å². The van der Waals surface area contributed by atoms with Gasteiger partial charge in [0, 0.05) is 23.6 Å². The second kappa shape index (κ2) is 4.25. The van der Waals surface area contributed by atoms with Gasteiger partial charge in [0.05, 0.1) is 6.20 Å². The molecule has 0 fully saturated rings. The van der Waals surface area contributed by atoms with Crippen molar-refractivity contribution < 1.29 is 4.52 Å². The van der Waals surface area contributed by atoms with E-state index in [1.165, 1.54) is 0 Å². The van der Waals surface area contributed by atoms with Crippen LogP contribution in [0, 0.1) is 0 Å². The molecule has 0 amide bonds. The van der Waals surface area contributed by atoms with Crippen LogP contribution in [0.3, 0.4) is 0 Å². The summed E-state index contributed by atoms with van der Waals surface area (Å²) >= 11 is 0. The summed E-state index contributed by atoms with van der Waals surface area (Å²) < 4.78 is 5.18. The third-order valence-electron chi connectivity index (χ3n) is 2.38. The van der Waals surface area contributed by atoms with E-state index in [1.807, 2.05) is 12.1 Å². The predicted molar refractivity (Wildman–Crippen MR) is 65.2 cm³/mol. The van der Waals surface area contributed by atoms with E-state index in [9.17, 15) is 0 Å². The summed E-state index contributed by atoms with van der Waals surface area (Å²) in [6, 6.07) is 7.20. The number of nitrogens with zero attached hydrogens (tertiary/aromatic N) is 4. The second-order valence-electron chi connectivity index (χ2n) is 3.64. The molecule has 6 heteroatoms. The number of anilines is 1. The molecule has 18 heavy (non-hydrogen) atoms. The Labute approximate surface area is 103 Å². The van der Waals surface area contributed by atoms with Crippen molar-refractivity contribution in [2.75, 3.05) is 5.73 Å². The predicted octanol–water partition coefficient (Wildman–Crippen LogP) is 1.78. The molecule has 3 aromatic rings. The lowest BCUT2D eigenvalue weighted by molar-refractivity contribution is 0.432. The van der Waals surface area contributed by atoms with Gasteiger partial charge in [0.1, 0.15) is 5.69 Å². The van der Waals surface area contributed by atoms with E-state index in [1.54, 1.807) is 30.7 Å². The highest BCUT2D eigenvalue weighted by Gasteiger charge is 2.11. The van der Waals surface area contributed by atoms with Gasteiger partial charge in [-0.05, 0) is 24.3 Å². The van der Waals surface area contributed by atoms with Crippen LogP contribution in [-0.2, 0) is 0 Å². The molecule has 0 atom stereocenters. The molecule has 6 nitrogen and oxygen atoms in total. The maximum absolute atomic E-state index is 5.62. The van der Waals surface area contributed by atoms with E-state index < -0.39 is 0 Å². The van der Waals surface area contributed by atoms with Gasteiger partial charge in [0.15, 0.2) is 0 Å². The van der Waals surface area contributed by atoms with Gasteiger partial charge in [0.2, 0.25) is 5.82 Å². The SMILES string of the molecule is Nc1ccc(-c2nc(-c3cnccn3)no2)cc1. The lowest BCUT2D eigenvalue weighted by Gasteiger charge is -1.94. The average Bonchev–Trinajstić information content (AvgIpc) is 2.90. The minimum atomic E-state index is 0.412. The van der Waals surface area contributed by atoms with Crippen LogP contribution in [0.2, 0.25) is 0 Å². The Morgan fingerprint density at radius 3 is 2.61 bits per heavy atom. The molecule has 0 spiro atoms. The Morgan fingerprint density at radius 1 is 1.06 bits per heavy atom. The Bertz CT molecular complexity index is 648. The second-order valence-corrected chi connectivity index (χ2v) is 3.64. The van der Waals surface area contributed by atoms with E-state index in [4.69, 9.17) is 10.3 Å². The van der Waals surface area contributed by atoms with Gasteiger partial charge >= 0.3 is 0 Å². The lowest BCUT2D eigenvalue weighted by Crippen LogP contribution is -1.86. The molecule has 0 aliphatic rings. The Hall–Kier alpha value is -2.76. The molecule has 1 aromatic carbocycles. The molecule has 0 aliphatic carbocycles. The van der Waals surface area contributed by atoms with Crippen LogP contribution in [0.1, 0.15) is 0 Å². The molecule has 0 bridgehead atoms. The third-order valence-corrected chi connectivity index (χ3v) is 2.38. The van der Waals surface area contributed by atoms with Crippen molar-refractivity contribution in [3.8, 4) is 23.0 Å².